The van der Waals surface area contributed by atoms with E-state index in [-0.39, 0.29) is 29.5 Å². The number of ketones is 1. The van der Waals surface area contributed by atoms with Crippen molar-refractivity contribution in [1.29, 1.82) is 0 Å². The van der Waals surface area contributed by atoms with E-state index >= 15 is 0 Å². The van der Waals surface area contributed by atoms with Crippen molar-refractivity contribution in [3.63, 3.8) is 0 Å². The molecule has 0 spiro atoms. The number of Topliss-reactive ketones (excluding diaryl/α,β-unsaturated/α-hetero) is 1. The number of likely N-dealkylation sites (tertiary alicyclic amines) is 1. The standard InChI is InChI=1S/C24H26N8O3/c1-14-9-16(6-8-30(14)20(35)13-33)22-21(15(2)34)23(25)32-24(29-22)18(11-28-32)17-10-27-31(12-17)19-5-3-4-7-26-19/h3-5,7,10-12,14,16,33H,6,8-9,13,25H2,1-2H3/t14-,16+/m0/s1. The number of aromatic nitrogens is 6. The van der Waals surface area contributed by atoms with Gasteiger partial charge in [-0.15, -0.1) is 0 Å². The van der Waals surface area contributed by atoms with Crippen molar-refractivity contribution >= 4 is 23.2 Å². The van der Waals surface area contributed by atoms with Gasteiger partial charge in [-0.25, -0.2) is 14.6 Å². The molecule has 1 aliphatic rings. The fourth-order valence-electron chi connectivity index (χ4n) is 4.85. The summed E-state index contributed by atoms with van der Waals surface area (Å²) in [6, 6.07) is 5.48. The average molecular weight is 475 g/mol. The monoisotopic (exact) mass is 474 g/mol. The van der Waals surface area contributed by atoms with Crippen molar-refractivity contribution < 1.29 is 14.7 Å². The molecule has 4 aromatic rings. The number of hydrogen-bond donors (Lipinski definition) is 2. The van der Waals surface area contributed by atoms with Crippen molar-refractivity contribution in [2.24, 2.45) is 0 Å². The topological polar surface area (TPSA) is 145 Å². The van der Waals surface area contributed by atoms with E-state index in [1.54, 1.807) is 28.2 Å². The smallest absolute Gasteiger partial charge is 0.248 e. The number of amides is 1. The number of pyridine rings is 1. The second kappa shape index (κ2) is 8.91. The molecule has 0 aromatic carbocycles. The second-order valence-corrected chi connectivity index (χ2v) is 8.78. The molecular formula is C24H26N8O3. The minimum absolute atomic E-state index is 0.0714. The van der Waals surface area contributed by atoms with Crippen molar-refractivity contribution in [3.05, 3.63) is 54.2 Å². The summed E-state index contributed by atoms with van der Waals surface area (Å²) in [5.74, 6) is 0.364. The zero-order valence-corrected chi connectivity index (χ0v) is 19.5. The van der Waals surface area contributed by atoms with Crippen LogP contribution in [-0.2, 0) is 4.79 Å². The molecule has 0 saturated carbocycles. The fraction of sp³-hybridized carbons (Fsp3) is 0.333. The number of piperidine rings is 1. The molecule has 35 heavy (non-hydrogen) atoms. The van der Waals surface area contributed by atoms with Crippen molar-refractivity contribution in [2.75, 3.05) is 18.9 Å². The summed E-state index contributed by atoms with van der Waals surface area (Å²) in [6.45, 7) is 3.36. The van der Waals surface area contributed by atoms with Gasteiger partial charge >= 0.3 is 0 Å². The molecule has 11 nitrogen and oxygen atoms in total. The zero-order valence-electron chi connectivity index (χ0n) is 19.5. The van der Waals surface area contributed by atoms with Gasteiger partial charge in [-0.2, -0.15) is 14.7 Å². The minimum atomic E-state index is -0.518. The summed E-state index contributed by atoms with van der Waals surface area (Å²) in [6.07, 6.45) is 8.14. The molecule has 1 amide bonds. The lowest BCUT2D eigenvalue weighted by Crippen LogP contribution is -2.45. The predicted molar refractivity (Wildman–Crippen MR) is 128 cm³/mol. The van der Waals surface area contributed by atoms with E-state index in [1.165, 1.54) is 11.4 Å². The number of hydrogen-bond acceptors (Lipinski definition) is 8. The molecule has 1 fully saturated rings. The fourth-order valence-corrected chi connectivity index (χ4v) is 4.85. The lowest BCUT2D eigenvalue weighted by Gasteiger charge is -2.37. The van der Waals surface area contributed by atoms with Crippen LogP contribution in [0.3, 0.4) is 0 Å². The van der Waals surface area contributed by atoms with Crippen LogP contribution >= 0.6 is 0 Å². The molecule has 0 radical (unpaired) electrons. The SMILES string of the molecule is CC(=O)c1c([C@@H]2CCN(C(=O)CO)[C@@H](C)C2)nc2c(-c3cnn(-c4ccccn4)c3)cnn2c1N. The number of fused-ring (bicyclic) bond motifs is 1. The Morgan fingerprint density at radius 3 is 2.74 bits per heavy atom. The Morgan fingerprint density at radius 1 is 1.23 bits per heavy atom. The third-order valence-electron chi connectivity index (χ3n) is 6.56. The van der Waals surface area contributed by atoms with Crippen LogP contribution in [0.15, 0.2) is 43.0 Å². The highest BCUT2D eigenvalue weighted by Gasteiger charge is 2.33. The van der Waals surface area contributed by atoms with Gasteiger partial charge in [0.25, 0.3) is 0 Å². The van der Waals surface area contributed by atoms with Crippen molar-refractivity contribution in [3.8, 4) is 16.9 Å². The molecule has 0 bridgehead atoms. The first-order chi connectivity index (χ1) is 16.9. The van der Waals surface area contributed by atoms with Gasteiger partial charge in [0.2, 0.25) is 5.91 Å². The molecule has 0 unspecified atom stereocenters. The Bertz CT molecular complexity index is 1410. The van der Waals surface area contributed by atoms with Crippen LogP contribution < -0.4 is 5.73 Å². The Balaban J connectivity index is 1.57. The number of nitrogens with zero attached hydrogens (tertiary/aromatic N) is 7. The Morgan fingerprint density at radius 2 is 2.06 bits per heavy atom. The molecule has 5 rings (SSSR count). The maximum Gasteiger partial charge on any atom is 0.248 e. The zero-order chi connectivity index (χ0) is 24.7. The quantitative estimate of drug-likeness (QED) is 0.417. The van der Waals surface area contributed by atoms with Crippen LogP contribution in [0, 0.1) is 0 Å². The van der Waals surface area contributed by atoms with Crippen LogP contribution in [0.2, 0.25) is 0 Å². The normalized spacial score (nSPS) is 18.2. The first kappa shape index (κ1) is 22.7. The van der Waals surface area contributed by atoms with Crippen LogP contribution in [0.5, 0.6) is 0 Å². The lowest BCUT2D eigenvalue weighted by atomic mass is 9.86. The Hall–Kier alpha value is -4.12. The Kier molecular flexibility index (Phi) is 5.77. The van der Waals surface area contributed by atoms with Crippen LogP contribution in [-0.4, -0.2) is 70.3 Å². The molecule has 5 heterocycles. The van der Waals surface area contributed by atoms with Gasteiger partial charge in [0.15, 0.2) is 17.2 Å². The second-order valence-electron chi connectivity index (χ2n) is 8.78. The largest absolute Gasteiger partial charge is 0.387 e. The third kappa shape index (κ3) is 3.93. The van der Waals surface area contributed by atoms with Crippen molar-refractivity contribution in [2.45, 2.75) is 38.6 Å². The van der Waals surface area contributed by atoms with E-state index in [0.717, 1.165) is 11.1 Å². The number of rotatable bonds is 5. The Labute approximate surface area is 201 Å². The maximum absolute atomic E-state index is 12.6. The molecule has 0 aliphatic carbocycles. The highest BCUT2D eigenvalue weighted by Crippen LogP contribution is 2.36. The lowest BCUT2D eigenvalue weighted by molar-refractivity contribution is -0.137. The molecule has 1 saturated heterocycles. The van der Waals surface area contributed by atoms with Crippen LogP contribution in [0.4, 0.5) is 5.82 Å². The van der Waals surface area contributed by atoms with Crippen molar-refractivity contribution in [1.82, 2.24) is 34.3 Å². The predicted octanol–water partition coefficient (Wildman–Crippen LogP) is 1.85. The summed E-state index contributed by atoms with van der Waals surface area (Å²) in [5, 5.41) is 18.1. The van der Waals surface area contributed by atoms with Gasteiger partial charge in [0.05, 0.1) is 23.7 Å². The molecular weight excluding hydrogens is 448 g/mol. The number of aliphatic hydroxyl groups is 1. The van der Waals surface area contributed by atoms with Gasteiger partial charge in [0.1, 0.15) is 12.4 Å². The van der Waals surface area contributed by atoms with Gasteiger partial charge in [-0.05, 0) is 38.8 Å². The summed E-state index contributed by atoms with van der Waals surface area (Å²) in [4.78, 5) is 35.6. The first-order valence-electron chi connectivity index (χ1n) is 11.4. The van der Waals surface area contributed by atoms with E-state index in [4.69, 9.17) is 10.7 Å². The summed E-state index contributed by atoms with van der Waals surface area (Å²) < 4.78 is 3.16. The number of carbonyl (C=O) groups is 2. The first-order valence-corrected chi connectivity index (χ1v) is 11.4. The van der Waals surface area contributed by atoms with E-state index in [0.29, 0.717) is 42.1 Å². The number of nitrogens with two attached hydrogens (primary N) is 1. The summed E-state index contributed by atoms with van der Waals surface area (Å²) in [7, 11) is 0. The van der Waals surface area contributed by atoms with Gasteiger partial charge < -0.3 is 15.7 Å². The van der Waals surface area contributed by atoms with Gasteiger partial charge in [-0.1, -0.05) is 6.07 Å². The number of aliphatic hydroxyl groups excluding tert-OH is 1. The highest BCUT2D eigenvalue weighted by atomic mass is 16.3. The van der Waals surface area contributed by atoms with E-state index in [1.807, 2.05) is 31.3 Å². The summed E-state index contributed by atoms with van der Waals surface area (Å²) in [5.41, 5.74) is 9.48. The van der Waals surface area contributed by atoms with Gasteiger partial charge in [0, 0.05) is 42.0 Å². The number of nitrogen functional groups attached to an aromatic ring is 1. The van der Waals surface area contributed by atoms with Crippen LogP contribution in [0.1, 0.15) is 48.7 Å². The third-order valence-corrected chi connectivity index (χ3v) is 6.56. The molecule has 1 aliphatic heterocycles. The molecule has 4 aromatic heterocycles. The van der Waals surface area contributed by atoms with E-state index < -0.39 is 6.61 Å². The maximum atomic E-state index is 12.6. The number of anilines is 1. The highest BCUT2D eigenvalue weighted by molar-refractivity contribution is 6.00. The minimum Gasteiger partial charge on any atom is -0.387 e. The number of carbonyl (C=O) groups excluding carboxylic acids is 2. The molecule has 3 N–H and O–H groups in total. The average Bonchev–Trinajstić information content (AvgIpc) is 3.51. The van der Waals surface area contributed by atoms with E-state index in [2.05, 4.69) is 15.2 Å². The summed E-state index contributed by atoms with van der Waals surface area (Å²) >= 11 is 0. The molecule has 180 valence electrons. The molecule has 2 atom stereocenters. The van der Waals surface area contributed by atoms with Gasteiger partial charge in [-0.3, -0.25) is 9.59 Å². The van der Waals surface area contributed by atoms with E-state index in [9.17, 15) is 14.7 Å². The molecule has 11 heteroatoms. The van der Waals surface area contributed by atoms with Crippen LogP contribution in [0.25, 0.3) is 22.6 Å².